The average Bonchev–Trinajstić information content (AvgIpc) is 0.803. The second-order valence-electron chi connectivity index (χ2n) is 27.1. The first-order valence-corrected chi connectivity index (χ1v) is 38.8. The van der Waals surface area contributed by atoms with E-state index in [2.05, 4.69) is 96.4 Å². The number of allylic oxidation sites excluding steroid dienone is 6. The van der Waals surface area contributed by atoms with Gasteiger partial charge in [0.2, 0.25) is 0 Å². The Balaban J connectivity index is 0.000000728. The minimum Gasteiger partial charge on any atom is -0.512 e. The van der Waals surface area contributed by atoms with Crippen molar-refractivity contribution in [2.45, 2.75) is 55.4 Å². The number of anilines is 1. The number of phenolic OH excluding ortho intramolecular Hbond substituents is 1. The summed E-state index contributed by atoms with van der Waals surface area (Å²) in [5.74, 6) is -1.43. The predicted octanol–water partition coefficient (Wildman–Crippen LogP) is 24.8. The summed E-state index contributed by atoms with van der Waals surface area (Å²) in [5.41, 5.74) is 17.3. The number of aliphatic hydroxyl groups excluding tert-OH is 3. The van der Waals surface area contributed by atoms with Crippen molar-refractivity contribution in [1.82, 2.24) is 34.9 Å². The molecule has 0 aliphatic rings. The van der Waals surface area contributed by atoms with Crippen molar-refractivity contribution >= 4 is 33.8 Å². The Kier molecular flexibility index (Phi) is 58.0. The average molecular weight is 2800 g/mol. The van der Waals surface area contributed by atoms with Crippen LogP contribution in [0.3, 0.4) is 0 Å². The van der Waals surface area contributed by atoms with Crippen LogP contribution in [-0.4, -0.2) is 86.8 Å². The van der Waals surface area contributed by atoms with Gasteiger partial charge in [0.25, 0.3) is 0 Å². The van der Waals surface area contributed by atoms with E-state index >= 15 is 0 Å². The Hall–Kier alpha value is -11.8. The molecule has 24 heteroatoms. The number of aliphatic hydroxyl groups is 3. The number of phenols is 1. The molecule has 16 rings (SSSR count). The number of carbonyl (C=O) groups excluding carboxylic acids is 3. The monoisotopic (exact) mass is 2810 g/mol. The number of aromatic hydroxyl groups is 1. The predicted molar refractivity (Wildman–Crippen MR) is 490 cm³/mol. The molecular weight excluding hydrogens is 2710 g/mol. The number of ketones is 3. The molecule has 0 aliphatic carbocycles. The SMILES string of the molecule is CC(=O)C=C(C)O.CC(=O)C=C(C)O.CC(=O)C=C(C)O.CN(C)c1ccnc(-c2[c-]cc(F)cc2)c1.Cc1cc[c-]c(-c2ccccn2)c1.Cc1ccnc(-c2[c-]cc(F)cc2F)c1.Oc1ccccc1-c1ccccc1.[Ir].[Ir].[Ir].[Ir].[Ir].[Pt].[c-]1c(-c2ccccn2)cccc1-c1ccccn1.[c-]1ccccc1-c1ccccn1.[c-]1ccccc1-c1nccc2ccccc12. The molecule has 4 N–H and O–H groups in total. The third-order valence-corrected chi connectivity index (χ3v) is 16.4. The van der Waals surface area contributed by atoms with Crippen molar-refractivity contribution in [3.05, 3.63) is 441 Å². The van der Waals surface area contributed by atoms with E-state index in [0.717, 1.165) is 102 Å². The van der Waals surface area contributed by atoms with Gasteiger partial charge in [-0.15, -0.1) is 173 Å². The van der Waals surface area contributed by atoms with Gasteiger partial charge in [-0.05, 0) is 142 Å². The van der Waals surface area contributed by atoms with Crippen LogP contribution in [0.2, 0.25) is 0 Å². The standard InChI is InChI=1S/C16H11N2.C15H10N.C13H12FN2.C12H8F2N.C12H10N.C12H10O.C11H8N.3C5H8O2.5Ir.Pt/c1-3-10-17-15(8-1)13-6-5-7-14(12-13)16-9-2-4-11-18-16;1-2-7-13(8-3-1)15-14-9-5-4-6-12(14)10-11-16-15;1-16(2)12-7-8-15-13(9-12)10-3-5-11(14)6-4-10;1-8-4-5-15-12(6-8)10-3-2-9(13)7-11(10)14;1-10-5-4-6-11(9-10)12-7-2-3-8-13-12;13-12-9-5-4-8-11(12)10-6-2-1-3-7-10;1-2-6-10(7-3-1)11-8-4-5-9-12-11;3*1-4(6)3-5(2)7;;;;;;/h1-11H;1-7,9-11H;3,5-9H,1-2H3;2,4-7H,1H3;2-5,7-9H,1H3;1-9,13H;1-6,8-9H;3*3,6H,1-2H3;;;;;;/q5*-1;;-1;;;;;;;;;. The Morgan fingerprint density at radius 2 is 0.785 bits per heavy atom. The summed E-state index contributed by atoms with van der Waals surface area (Å²) < 4.78 is 38.8. The van der Waals surface area contributed by atoms with Gasteiger partial charge >= 0.3 is 0 Å². The van der Waals surface area contributed by atoms with Gasteiger partial charge in [0.15, 0.2) is 17.3 Å². The zero-order valence-electron chi connectivity index (χ0n) is 72.3. The van der Waals surface area contributed by atoms with Gasteiger partial charge in [0, 0.05) is 237 Å². The second-order valence-corrected chi connectivity index (χ2v) is 27.1. The molecular formula is C106H93F3Ir5N8O7Pt-6. The first-order valence-electron chi connectivity index (χ1n) is 38.8. The first kappa shape index (κ1) is 116. The summed E-state index contributed by atoms with van der Waals surface area (Å²) in [4.78, 5) is 61.9. The van der Waals surface area contributed by atoms with Gasteiger partial charge in [0.05, 0.1) is 17.3 Å². The molecule has 0 spiro atoms. The van der Waals surface area contributed by atoms with Crippen LogP contribution in [0.4, 0.5) is 18.9 Å². The van der Waals surface area contributed by atoms with Crippen LogP contribution in [-0.2, 0) is 136 Å². The van der Waals surface area contributed by atoms with Crippen LogP contribution in [0.15, 0.2) is 376 Å². The normalized spacial score (nSPS) is 9.87. The number of hydrogen-bond donors (Lipinski definition) is 4. The maximum absolute atomic E-state index is 13.4. The fraction of sp³-hybridized carbons (Fsp3) is 0.0943. The van der Waals surface area contributed by atoms with Gasteiger partial charge in [0.1, 0.15) is 5.75 Å². The Bertz CT molecular complexity index is 5880. The first-order chi connectivity index (χ1) is 59.8. The van der Waals surface area contributed by atoms with Crippen LogP contribution < -0.4 is 4.90 Å². The number of fused-ring (bicyclic) bond motifs is 1. The molecule has 0 atom stereocenters. The van der Waals surface area contributed by atoms with Crippen molar-refractivity contribution < 1.29 is 170 Å². The van der Waals surface area contributed by atoms with Crippen LogP contribution in [0.25, 0.3) is 101 Å². The largest absolute Gasteiger partial charge is 0.512 e. The minimum atomic E-state index is -0.645. The number of para-hydroxylation sites is 1. The number of aromatic nitrogens is 7. The van der Waals surface area contributed by atoms with Crippen LogP contribution in [0, 0.1) is 67.7 Å². The van der Waals surface area contributed by atoms with Crippen LogP contribution in [0.5, 0.6) is 5.75 Å². The summed E-state index contributed by atoms with van der Waals surface area (Å²) in [6.07, 6.45) is 15.8. The molecule has 0 saturated heterocycles. The fourth-order valence-corrected chi connectivity index (χ4v) is 11.0. The molecule has 0 bridgehead atoms. The van der Waals surface area contributed by atoms with Gasteiger partial charge in [-0.1, -0.05) is 169 Å². The second kappa shape index (κ2) is 64.9. The summed E-state index contributed by atoms with van der Waals surface area (Å²) in [5, 5.41) is 37.0. The molecule has 681 valence electrons. The maximum atomic E-state index is 13.4. The number of aryl methyl sites for hydroxylation is 2. The maximum Gasteiger partial charge on any atom is 0.155 e. The molecule has 5 radical (unpaired) electrons. The van der Waals surface area contributed by atoms with Crippen molar-refractivity contribution in [2.24, 2.45) is 0 Å². The minimum absolute atomic E-state index is 0. The van der Waals surface area contributed by atoms with Crippen molar-refractivity contribution in [1.29, 1.82) is 0 Å². The molecule has 16 aromatic rings. The number of hydrogen-bond acceptors (Lipinski definition) is 15. The van der Waals surface area contributed by atoms with E-state index in [1.54, 1.807) is 55.4 Å². The summed E-state index contributed by atoms with van der Waals surface area (Å²) >= 11 is 0. The number of halogens is 3. The number of nitrogens with zero attached hydrogens (tertiary/aromatic N) is 8. The molecule has 9 aromatic carbocycles. The topological polar surface area (TPSA) is 226 Å². The van der Waals surface area contributed by atoms with E-state index < -0.39 is 11.6 Å². The molecule has 0 amide bonds. The molecule has 0 unspecified atom stereocenters. The quantitative estimate of drug-likeness (QED) is 0.0507. The van der Waals surface area contributed by atoms with Crippen LogP contribution >= 0.6 is 0 Å². The van der Waals surface area contributed by atoms with E-state index in [4.69, 9.17) is 15.3 Å². The van der Waals surface area contributed by atoms with E-state index in [0.29, 0.717) is 11.4 Å². The Labute approximate surface area is 841 Å². The van der Waals surface area contributed by atoms with Gasteiger partial charge < -0.3 is 50.2 Å². The smallest absolute Gasteiger partial charge is 0.155 e. The molecule has 15 nitrogen and oxygen atoms in total. The van der Waals surface area contributed by atoms with E-state index in [1.165, 1.54) is 88.2 Å². The zero-order chi connectivity index (χ0) is 89.4. The van der Waals surface area contributed by atoms with Gasteiger partial charge in [-0.2, -0.15) is 0 Å². The third-order valence-electron chi connectivity index (χ3n) is 16.4. The van der Waals surface area contributed by atoms with Crippen molar-refractivity contribution in [3.8, 4) is 95.7 Å². The summed E-state index contributed by atoms with van der Waals surface area (Å²) in [7, 11) is 3.93. The van der Waals surface area contributed by atoms with Crippen molar-refractivity contribution in [3.63, 3.8) is 0 Å². The van der Waals surface area contributed by atoms with Crippen LogP contribution in [0.1, 0.15) is 52.7 Å². The molecule has 0 saturated carbocycles. The summed E-state index contributed by atoms with van der Waals surface area (Å²) in [6, 6.07) is 111. The van der Waals surface area contributed by atoms with E-state index in [9.17, 15) is 32.7 Å². The number of carbonyl (C=O) groups is 3. The van der Waals surface area contributed by atoms with Gasteiger partial charge in [-0.25, -0.2) is 0 Å². The Morgan fingerprint density at radius 1 is 0.354 bits per heavy atom. The Morgan fingerprint density at radius 3 is 1.25 bits per heavy atom. The molecule has 130 heavy (non-hydrogen) atoms. The third kappa shape index (κ3) is 44.0. The number of rotatable bonds is 12. The molecule has 0 fully saturated rings. The molecule has 7 heterocycles. The number of pyridine rings is 7. The van der Waals surface area contributed by atoms with Gasteiger partial charge in [-0.3, -0.25) is 37.5 Å². The van der Waals surface area contributed by atoms with E-state index in [1.807, 2.05) is 269 Å². The van der Waals surface area contributed by atoms with E-state index in [-0.39, 0.29) is 168 Å². The fourth-order valence-electron chi connectivity index (χ4n) is 11.0. The molecule has 7 aromatic heterocycles. The number of benzene rings is 9. The zero-order valence-corrected chi connectivity index (χ0v) is 86.5. The molecule has 0 aliphatic heterocycles. The van der Waals surface area contributed by atoms with Crippen molar-refractivity contribution in [2.75, 3.05) is 19.0 Å². The summed E-state index contributed by atoms with van der Waals surface area (Å²) in [6.45, 7) is 12.5.